The minimum atomic E-state index is -0.558. The maximum Gasteiger partial charge on any atom is 0.228 e. The molecule has 0 bridgehead atoms. The summed E-state index contributed by atoms with van der Waals surface area (Å²) < 4.78 is 19.3. The van der Waals surface area contributed by atoms with E-state index in [1.807, 2.05) is 0 Å². The van der Waals surface area contributed by atoms with Crippen LogP contribution < -0.4 is 10.6 Å². The molecule has 27 heavy (non-hydrogen) atoms. The first-order chi connectivity index (χ1) is 13.0. The highest BCUT2D eigenvalue weighted by Gasteiger charge is 2.17. The van der Waals surface area contributed by atoms with Crippen LogP contribution in [-0.2, 0) is 28.9 Å². The molecular weight excluding hydrogens is 347 g/mol. The first-order valence-corrected chi connectivity index (χ1v) is 8.88. The van der Waals surface area contributed by atoms with Crippen LogP contribution in [0.2, 0.25) is 0 Å². The van der Waals surface area contributed by atoms with Crippen molar-refractivity contribution in [2.45, 2.75) is 32.6 Å². The Morgan fingerprint density at radius 3 is 2.67 bits per heavy atom. The lowest BCUT2D eigenvalue weighted by molar-refractivity contribution is -0.115. The molecule has 0 saturated heterocycles. The van der Waals surface area contributed by atoms with Crippen LogP contribution in [-0.4, -0.2) is 11.8 Å². The molecule has 0 fully saturated rings. The van der Waals surface area contributed by atoms with Crippen molar-refractivity contribution in [2.75, 3.05) is 10.6 Å². The smallest absolute Gasteiger partial charge is 0.228 e. The zero-order chi connectivity index (χ0) is 19.0. The van der Waals surface area contributed by atoms with Crippen molar-refractivity contribution in [3.63, 3.8) is 0 Å². The number of aryl methyl sites for hydroxylation is 2. The molecule has 0 unspecified atom stereocenters. The monoisotopic (exact) mass is 366 g/mol. The van der Waals surface area contributed by atoms with E-state index in [0.29, 0.717) is 5.69 Å². The Bertz CT molecular complexity index is 1060. The zero-order valence-corrected chi connectivity index (χ0v) is 14.9. The lowest BCUT2D eigenvalue weighted by atomic mass is 10.0. The Hall–Kier alpha value is -3.15. The van der Waals surface area contributed by atoms with Gasteiger partial charge in [0.15, 0.2) is 0 Å². The van der Waals surface area contributed by atoms with E-state index >= 15 is 0 Å². The van der Waals surface area contributed by atoms with Crippen molar-refractivity contribution < 1.29 is 18.4 Å². The summed E-state index contributed by atoms with van der Waals surface area (Å²) in [6.45, 7) is 1.30. The third-order valence-electron chi connectivity index (χ3n) is 4.78. The van der Waals surface area contributed by atoms with E-state index in [1.165, 1.54) is 36.2 Å². The molecule has 0 aliphatic heterocycles. The number of rotatable bonds is 4. The van der Waals surface area contributed by atoms with Gasteiger partial charge in [0.05, 0.1) is 18.4 Å². The van der Waals surface area contributed by atoms with Crippen molar-refractivity contribution in [3.8, 4) is 0 Å². The Kier molecular flexibility index (Phi) is 4.39. The summed E-state index contributed by atoms with van der Waals surface area (Å²) in [5, 5.41) is 6.10. The number of halogens is 1. The largest absolute Gasteiger partial charge is 0.464 e. The summed E-state index contributed by atoms with van der Waals surface area (Å²) in [4.78, 5) is 23.6. The molecule has 5 nitrogen and oxygen atoms in total. The Balaban J connectivity index is 1.52. The number of furan rings is 1. The van der Waals surface area contributed by atoms with Crippen molar-refractivity contribution in [3.05, 3.63) is 59.1 Å². The molecule has 2 aromatic carbocycles. The summed E-state index contributed by atoms with van der Waals surface area (Å²) in [5.74, 6) is -1.17. The van der Waals surface area contributed by atoms with Gasteiger partial charge in [0.1, 0.15) is 11.4 Å². The standard InChI is InChI=1S/C21H19FN2O3/c1-12(25)23-19-10-16(5-6-18(19)22)24-21(26)9-15-11-27-20-8-14-4-2-3-13(14)7-17(15)20/h5-8,10-11H,2-4,9H2,1H3,(H,23,25)(H,24,26). The van der Waals surface area contributed by atoms with Crippen LogP contribution in [0.5, 0.6) is 0 Å². The van der Waals surface area contributed by atoms with E-state index in [9.17, 15) is 14.0 Å². The molecule has 3 aromatic rings. The van der Waals surface area contributed by atoms with Gasteiger partial charge in [-0.3, -0.25) is 9.59 Å². The molecular formula is C21H19FN2O3. The summed E-state index contributed by atoms with van der Waals surface area (Å²) in [7, 11) is 0. The minimum Gasteiger partial charge on any atom is -0.464 e. The second kappa shape index (κ2) is 6.87. The summed E-state index contributed by atoms with van der Waals surface area (Å²) in [6, 6.07) is 8.25. The van der Waals surface area contributed by atoms with Crippen molar-refractivity contribution in [1.29, 1.82) is 0 Å². The number of benzene rings is 2. The third-order valence-corrected chi connectivity index (χ3v) is 4.78. The first kappa shape index (κ1) is 17.3. The summed E-state index contributed by atoms with van der Waals surface area (Å²) >= 11 is 0. The van der Waals surface area contributed by atoms with Gasteiger partial charge in [0.25, 0.3) is 0 Å². The molecule has 4 rings (SSSR count). The van der Waals surface area contributed by atoms with Gasteiger partial charge >= 0.3 is 0 Å². The third kappa shape index (κ3) is 3.56. The van der Waals surface area contributed by atoms with E-state index in [4.69, 9.17) is 4.42 Å². The van der Waals surface area contributed by atoms with E-state index in [1.54, 1.807) is 6.26 Å². The molecule has 2 amide bonds. The van der Waals surface area contributed by atoms with Crippen LogP contribution in [0, 0.1) is 5.82 Å². The van der Waals surface area contributed by atoms with Gasteiger partial charge < -0.3 is 15.1 Å². The van der Waals surface area contributed by atoms with Gasteiger partial charge in [-0.15, -0.1) is 0 Å². The van der Waals surface area contributed by atoms with E-state index in [2.05, 4.69) is 22.8 Å². The highest BCUT2D eigenvalue weighted by molar-refractivity contribution is 5.96. The Labute approximate surface area is 155 Å². The van der Waals surface area contributed by atoms with Crippen LogP contribution in [0.4, 0.5) is 15.8 Å². The number of hydrogen-bond acceptors (Lipinski definition) is 3. The highest BCUT2D eigenvalue weighted by Crippen LogP contribution is 2.30. The van der Waals surface area contributed by atoms with Crippen molar-refractivity contribution in [2.24, 2.45) is 0 Å². The van der Waals surface area contributed by atoms with Crippen molar-refractivity contribution >= 4 is 34.2 Å². The molecule has 138 valence electrons. The van der Waals surface area contributed by atoms with Crippen LogP contribution >= 0.6 is 0 Å². The second-order valence-corrected chi connectivity index (χ2v) is 6.83. The second-order valence-electron chi connectivity index (χ2n) is 6.83. The molecule has 0 spiro atoms. The molecule has 0 radical (unpaired) electrons. The quantitative estimate of drug-likeness (QED) is 0.727. The minimum absolute atomic E-state index is 0.0321. The fourth-order valence-electron chi connectivity index (χ4n) is 3.55. The molecule has 0 atom stereocenters. The number of anilines is 2. The predicted molar refractivity (Wildman–Crippen MR) is 101 cm³/mol. The topological polar surface area (TPSA) is 71.3 Å². The van der Waals surface area contributed by atoms with E-state index < -0.39 is 5.82 Å². The number of carbonyl (C=O) groups excluding carboxylic acids is 2. The van der Waals surface area contributed by atoms with Gasteiger partial charge in [-0.2, -0.15) is 0 Å². The molecule has 1 aliphatic rings. The van der Waals surface area contributed by atoms with Crippen LogP contribution in [0.3, 0.4) is 0 Å². The first-order valence-electron chi connectivity index (χ1n) is 8.88. The SMILES string of the molecule is CC(=O)Nc1cc(NC(=O)Cc2coc3cc4c(cc23)CCC4)ccc1F. The average molecular weight is 366 g/mol. The zero-order valence-electron chi connectivity index (χ0n) is 14.9. The maximum absolute atomic E-state index is 13.7. The number of hydrogen-bond donors (Lipinski definition) is 2. The number of nitrogens with one attached hydrogen (secondary N) is 2. The lowest BCUT2D eigenvalue weighted by Gasteiger charge is -2.09. The maximum atomic E-state index is 13.7. The highest BCUT2D eigenvalue weighted by atomic mass is 19.1. The fraction of sp³-hybridized carbons (Fsp3) is 0.238. The van der Waals surface area contributed by atoms with Crippen LogP contribution in [0.25, 0.3) is 11.0 Å². The summed E-state index contributed by atoms with van der Waals surface area (Å²) in [6.07, 6.45) is 5.05. The predicted octanol–water partition coefficient (Wildman–Crippen LogP) is 4.20. The molecule has 2 N–H and O–H groups in total. The normalized spacial score (nSPS) is 12.8. The van der Waals surface area contributed by atoms with E-state index in [0.717, 1.165) is 35.8 Å². The van der Waals surface area contributed by atoms with Crippen molar-refractivity contribution in [1.82, 2.24) is 0 Å². The average Bonchev–Trinajstić information content (AvgIpc) is 3.22. The Morgan fingerprint density at radius 1 is 1.11 bits per heavy atom. The number of amides is 2. The molecule has 0 saturated carbocycles. The molecule has 1 aromatic heterocycles. The number of fused-ring (bicyclic) bond motifs is 2. The van der Waals surface area contributed by atoms with Crippen LogP contribution in [0.15, 0.2) is 41.0 Å². The molecule has 6 heteroatoms. The Morgan fingerprint density at radius 2 is 1.89 bits per heavy atom. The lowest BCUT2D eigenvalue weighted by Crippen LogP contribution is -2.15. The van der Waals surface area contributed by atoms with Gasteiger partial charge in [-0.05, 0) is 60.7 Å². The van der Waals surface area contributed by atoms with Gasteiger partial charge in [-0.25, -0.2) is 4.39 Å². The molecule has 1 heterocycles. The fourth-order valence-corrected chi connectivity index (χ4v) is 3.55. The van der Waals surface area contributed by atoms with Gasteiger partial charge in [-0.1, -0.05) is 0 Å². The van der Waals surface area contributed by atoms with Gasteiger partial charge in [0.2, 0.25) is 11.8 Å². The van der Waals surface area contributed by atoms with Gasteiger partial charge in [0, 0.05) is 23.6 Å². The van der Waals surface area contributed by atoms with E-state index in [-0.39, 0.29) is 23.9 Å². The molecule has 1 aliphatic carbocycles. The summed E-state index contributed by atoms with van der Waals surface area (Å²) in [5.41, 5.74) is 4.71. The van der Waals surface area contributed by atoms with Crippen LogP contribution in [0.1, 0.15) is 30.0 Å². The number of carbonyl (C=O) groups is 2.